The van der Waals surface area contributed by atoms with Gasteiger partial charge >= 0.3 is 0 Å². The van der Waals surface area contributed by atoms with Crippen molar-refractivity contribution in [2.45, 2.75) is 0 Å². The van der Waals surface area contributed by atoms with Gasteiger partial charge in [-0.2, -0.15) is 0 Å². The summed E-state index contributed by atoms with van der Waals surface area (Å²) in [4.78, 5) is 0. The highest BCUT2D eigenvalue weighted by Crippen LogP contribution is 2.45. The molecule has 1 heteroatoms. The fourth-order valence-electron chi connectivity index (χ4n) is 6.38. The molecule has 0 saturated carbocycles. The lowest BCUT2D eigenvalue weighted by atomic mass is 9.85. The lowest BCUT2D eigenvalue weighted by Crippen LogP contribution is -1.91. The predicted octanol–water partition coefficient (Wildman–Crippen LogP) is 12.0. The number of fused-ring (bicyclic) bond motifs is 7. The van der Waals surface area contributed by atoms with E-state index >= 15 is 0 Å². The Kier molecular flexibility index (Phi) is 3.67. The SMILES string of the molecule is [2H]c1c([2H])c([2H])c(-c2c([2H])c([2H])c([2H])c(-c3c4ccccc4c(-c4ccc5c(c4)oc4ccc6ccccc6c45)c4ccccc34)c2[2H])c([2H])c1[2H]. The molecule has 0 saturated heterocycles. The molecule has 0 bridgehead atoms. The molecule has 9 rings (SSSR count). The zero-order chi connectivity index (χ0) is 36.2. The first kappa shape index (κ1) is 16.7. The van der Waals surface area contributed by atoms with Crippen LogP contribution in [0.5, 0.6) is 0 Å². The molecular formula is C42H26O. The molecular weight excluding hydrogens is 520 g/mol. The standard InChI is InChI=1S/C42H26O/c1-2-11-27(12-3-1)29-14-10-15-30(25-29)40-33-17-6-8-19-35(33)41(36-20-9-7-18-34(36)40)31-21-23-37-39(26-31)43-38-24-22-28-13-4-5-16-32(28)42(37)38/h1-26H/i1D,2D,3D,10D,11D,12D,14D,15D,25D. The van der Waals surface area contributed by atoms with E-state index < -0.39 is 42.3 Å². The maximum Gasteiger partial charge on any atom is 0.136 e. The van der Waals surface area contributed by atoms with E-state index in [1.807, 2.05) is 72.8 Å². The van der Waals surface area contributed by atoms with E-state index in [0.29, 0.717) is 16.3 Å². The Bertz CT molecular complexity index is 2930. The first-order valence-electron chi connectivity index (χ1n) is 18.5. The second-order valence-electron chi connectivity index (χ2n) is 10.6. The molecule has 0 fully saturated rings. The molecule has 43 heavy (non-hydrogen) atoms. The molecule has 0 spiro atoms. The lowest BCUT2D eigenvalue weighted by molar-refractivity contribution is 0.669. The molecule has 0 aliphatic carbocycles. The van der Waals surface area contributed by atoms with Gasteiger partial charge in [0, 0.05) is 10.8 Å². The molecule has 9 aromatic rings. The van der Waals surface area contributed by atoms with Crippen molar-refractivity contribution in [1.29, 1.82) is 0 Å². The first-order chi connectivity index (χ1) is 25.1. The smallest absolute Gasteiger partial charge is 0.136 e. The molecule has 0 radical (unpaired) electrons. The van der Waals surface area contributed by atoms with Crippen LogP contribution in [0.25, 0.3) is 87.6 Å². The number of benzene rings is 8. The number of furan rings is 1. The molecule has 1 heterocycles. The third-order valence-corrected chi connectivity index (χ3v) is 8.21. The molecule has 0 aliphatic rings. The summed E-state index contributed by atoms with van der Waals surface area (Å²) < 4.78 is 84.6. The number of hydrogen-bond acceptors (Lipinski definition) is 1. The topological polar surface area (TPSA) is 13.1 Å². The third kappa shape index (κ3) is 3.72. The van der Waals surface area contributed by atoms with Crippen LogP contribution in [-0.2, 0) is 0 Å². The second kappa shape index (κ2) is 9.44. The monoisotopic (exact) mass is 555 g/mol. The largest absolute Gasteiger partial charge is 0.456 e. The van der Waals surface area contributed by atoms with E-state index in [0.717, 1.165) is 54.6 Å². The number of rotatable bonds is 3. The van der Waals surface area contributed by atoms with E-state index in [-0.39, 0.29) is 28.8 Å². The Labute approximate surface area is 261 Å². The van der Waals surface area contributed by atoms with Crippen molar-refractivity contribution < 1.29 is 16.8 Å². The van der Waals surface area contributed by atoms with Crippen molar-refractivity contribution >= 4 is 54.3 Å². The van der Waals surface area contributed by atoms with E-state index in [1.165, 1.54) is 0 Å². The summed E-state index contributed by atoms with van der Waals surface area (Å²) in [5.74, 6) is 0. The van der Waals surface area contributed by atoms with Gasteiger partial charge in [-0.05, 0) is 89.9 Å². The Hall–Kier alpha value is -5.66. The van der Waals surface area contributed by atoms with Crippen LogP contribution in [0.1, 0.15) is 12.3 Å². The molecule has 0 unspecified atom stereocenters. The zero-order valence-corrected chi connectivity index (χ0v) is 22.7. The Balaban J connectivity index is 1.37. The fourth-order valence-corrected chi connectivity index (χ4v) is 6.38. The van der Waals surface area contributed by atoms with Gasteiger partial charge in [-0.1, -0.05) is 133 Å². The summed E-state index contributed by atoms with van der Waals surface area (Å²) in [5, 5.41) is 7.31. The van der Waals surface area contributed by atoms with Crippen LogP contribution >= 0.6 is 0 Å². The van der Waals surface area contributed by atoms with Gasteiger partial charge in [-0.3, -0.25) is 0 Å². The minimum atomic E-state index is -0.604. The van der Waals surface area contributed by atoms with Crippen LogP contribution in [0.15, 0.2) is 162 Å². The van der Waals surface area contributed by atoms with Gasteiger partial charge in [0.15, 0.2) is 0 Å². The van der Waals surface area contributed by atoms with E-state index in [9.17, 15) is 1.37 Å². The fraction of sp³-hybridized carbons (Fsp3) is 0. The minimum Gasteiger partial charge on any atom is -0.456 e. The summed E-state index contributed by atoms with van der Waals surface area (Å²) in [6.07, 6.45) is 0. The van der Waals surface area contributed by atoms with Gasteiger partial charge in [0.1, 0.15) is 11.2 Å². The van der Waals surface area contributed by atoms with E-state index in [4.69, 9.17) is 15.4 Å². The maximum atomic E-state index is 9.49. The van der Waals surface area contributed by atoms with Crippen molar-refractivity contribution in [3.63, 3.8) is 0 Å². The van der Waals surface area contributed by atoms with Crippen LogP contribution in [0.4, 0.5) is 0 Å². The Morgan fingerprint density at radius 3 is 1.74 bits per heavy atom. The molecule has 0 atom stereocenters. The van der Waals surface area contributed by atoms with Gasteiger partial charge in [-0.15, -0.1) is 0 Å². The Morgan fingerprint density at radius 1 is 0.419 bits per heavy atom. The van der Waals surface area contributed by atoms with Crippen LogP contribution in [-0.4, -0.2) is 0 Å². The van der Waals surface area contributed by atoms with Gasteiger partial charge in [0.25, 0.3) is 0 Å². The quantitative estimate of drug-likeness (QED) is 0.198. The van der Waals surface area contributed by atoms with Gasteiger partial charge in [0.05, 0.1) is 12.3 Å². The molecule has 1 aromatic heterocycles. The molecule has 1 nitrogen and oxygen atoms in total. The van der Waals surface area contributed by atoms with Crippen LogP contribution in [0.2, 0.25) is 0 Å². The van der Waals surface area contributed by atoms with Crippen LogP contribution in [0, 0.1) is 0 Å². The number of hydrogen-bond donors (Lipinski definition) is 0. The van der Waals surface area contributed by atoms with Gasteiger partial charge in [0.2, 0.25) is 0 Å². The molecule has 0 aliphatic heterocycles. The lowest BCUT2D eigenvalue weighted by Gasteiger charge is -2.18. The van der Waals surface area contributed by atoms with Crippen molar-refractivity contribution in [3.8, 4) is 33.4 Å². The summed E-state index contributed by atoms with van der Waals surface area (Å²) in [6, 6.07) is 29.0. The summed E-state index contributed by atoms with van der Waals surface area (Å²) in [6.45, 7) is 0. The molecule has 8 aromatic carbocycles. The van der Waals surface area contributed by atoms with Gasteiger partial charge in [-0.25, -0.2) is 0 Å². The van der Waals surface area contributed by atoms with Crippen molar-refractivity contribution in [2.75, 3.05) is 0 Å². The second-order valence-corrected chi connectivity index (χ2v) is 10.6. The Morgan fingerprint density at radius 2 is 1.02 bits per heavy atom. The van der Waals surface area contributed by atoms with Crippen LogP contribution < -0.4 is 0 Å². The highest BCUT2D eigenvalue weighted by atomic mass is 16.3. The average Bonchev–Trinajstić information content (AvgIpc) is 3.55. The molecule has 0 amide bonds. The minimum absolute atomic E-state index is 0.0429. The summed E-state index contributed by atoms with van der Waals surface area (Å²) in [5.41, 5.74) is 3.24. The molecule has 0 N–H and O–H groups in total. The van der Waals surface area contributed by atoms with Crippen molar-refractivity contribution in [2.24, 2.45) is 0 Å². The summed E-state index contributed by atoms with van der Waals surface area (Å²) in [7, 11) is 0. The van der Waals surface area contributed by atoms with E-state index in [1.54, 1.807) is 0 Å². The van der Waals surface area contributed by atoms with Crippen molar-refractivity contribution in [1.82, 2.24) is 0 Å². The molecule has 200 valence electrons. The highest BCUT2D eigenvalue weighted by Gasteiger charge is 2.18. The maximum absolute atomic E-state index is 9.49. The highest BCUT2D eigenvalue weighted by molar-refractivity contribution is 6.23. The van der Waals surface area contributed by atoms with Crippen LogP contribution in [0.3, 0.4) is 0 Å². The normalized spacial score (nSPS) is 14.7. The predicted molar refractivity (Wildman–Crippen MR) is 183 cm³/mol. The van der Waals surface area contributed by atoms with E-state index in [2.05, 4.69) is 30.3 Å². The average molecular weight is 556 g/mol. The zero-order valence-electron chi connectivity index (χ0n) is 31.7. The third-order valence-electron chi connectivity index (χ3n) is 8.21. The summed E-state index contributed by atoms with van der Waals surface area (Å²) >= 11 is 0. The van der Waals surface area contributed by atoms with Gasteiger partial charge < -0.3 is 4.42 Å². The first-order valence-corrected chi connectivity index (χ1v) is 14.0. The van der Waals surface area contributed by atoms with Crippen molar-refractivity contribution in [3.05, 3.63) is 158 Å².